The number of ether oxygens (including phenoxy) is 1. The van der Waals surface area contributed by atoms with Crippen molar-refractivity contribution in [2.24, 2.45) is 0 Å². The highest BCUT2D eigenvalue weighted by molar-refractivity contribution is 7.89. The zero-order chi connectivity index (χ0) is 17.3. The van der Waals surface area contributed by atoms with Crippen LogP contribution in [-0.2, 0) is 16.6 Å². The van der Waals surface area contributed by atoms with Gasteiger partial charge in [0.05, 0.1) is 12.1 Å². The first-order valence-corrected chi connectivity index (χ1v) is 9.71. The van der Waals surface area contributed by atoms with Crippen molar-refractivity contribution < 1.29 is 13.2 Å². The molecule has 0 N–H and O–H groups in total. The van der Waals surface area contributed by atoms with Gasteiger partial charge in [-0.2, -0.15) is 4.31 Å². The number of sulfonamides is 1. The summed E-state index contributed by atoms with van der Waals surface area (Å²) in [6.45, 7) is 0.292. The van der Waals surface area contributed by atoms with E-state index in [4.69, 9.17) is 27.9 Å². The van der Waals surface area contributed by atoms with Crippen LogP contribution in [0.2, 0.25) is 10.0 Å². The van der Waals surface area contributed by atoms with Crippen molar-refractivity contribution in [3.8, 4) is 5.75 Å². The van der Waals surface area contributed by atoms with Crippen LogP contribution in [0.3, 0.4) is 0 Å². The highest BCUT2D eigenvalue weighted by atomic mass is 35.5. The molecule has 0 radical (unpaired) electrons. The average molecular weight is 386 g/mol. The summed E-state index contributed by atoms with van der Waals surface area (Å²) in [7, 11) is -2.12. The Morgan fingerprint density at radius 3 is 2.38 bits per heavy atom. The standard InChI is InChI=1S/C17H17Cl2NO3S/c1-23-15-7-2-12(3-8-15)11-20(14-5-6-14)24(21,22)17-10-13(18)4-9-16(17)19/h2-4,7-10,14H,5-6,11H2,1H3. The Kier molecular flexibility index (Phi) is 5.06. The van der Waals surface area contributed by atoms with Crippen molar-refractivity contribution in [1.82, 2.24) is 4.31 Å². The van der Waals surface area contributed by atoms with Crippen molar-refractivity contribution >= 4 is 33.2 Å². The van der Waals surface area contributed by atoms with E-state index in [1.807, 2.05) is 24.3 Å². The quantitative estimate of drug-likeness (QED) is 0.741. The maximum atomic E-state index is 13.1. The Morgan fingerprint density at radius 1 is 1.12 bits per heavy atom. The summed E-state index contributed by atoms with van der Waals surface area (Å²) in [6.07, 6.45) is 1.71. The molecule has 0 atom stereocenters. The number of rotatable bonds is 6. The lowest BCUT2D eigenvalue weighted by molar-refractivity contribution is 0.397. The average Bonchev–Trinajstić information content (AvgIpc) is 3.40. The minimum Gasteiger partial charge on any atom is -0.497 e. The Labute approximate surface area is 152 Å². The van der Waals surface area contributed by atoms with Gasteiger partial charge in [0, 0.05) is 17.6 Å². The summed E-state index contributed by atoms with van der Waals surface area (Å²) in [5, 5.41) is 0.526. The summed E-state index contributed by atoms with van der Waals surface area (Å²) in [6, 6.07) is 11.9. The number of benzene rings is 2. The Balaban J connectivity index is 1.93. The number of nitrogens with zero attached hydrogens (tertiary/aromatic N) is 1. The molecule has 1 aliphatic rings. The highest BCUT2D eigenvalue weighted by Crippen LogP contribution is 2.36. The molecule has 2 aromatic carbocycles. The van der Waals surface area contributed by atoms with E-state index < -0.39 is 10.0 Å². The van der Waals surface area contributed by atoms with E-state index in [1.54, 1.807) is 13.2 Å². The molecule has 0 bridgehead atoms. The van der Waals surface area contributed by atoms with Gasteiger partial charge in [0.25, 0.3) is 0 Å². The van der Waals surface area contributed by atoms with Gasteiger partial charge in [0.2, 0.25) is 10.0 Å². The third kappa shape index (κ3) is 3.70. The first-order chi connectivity index (χ1) is 11.4. The smallest absolute Gasteiger partial charge is 0.245 e. The molecule has 3 rings (SSSR count). The largest absolute Gasteiger partial charge is 0.497 e. The third-order valence-corrected chi connectivity index (χ3v) is 6.55. The molecule has 0 saturated heterocycles. The first-order valence-electron chi connectivity index (χ1n) is 7.51. The summed E-state index contributed by atoms with van der Waals surface area (Å²) in [5.74, 6) is 0.734. The van der Waals surface area contributed by atoms with Crippen LogP contribution in [0.1, 0.15) is 18.4 Å². The van der Waals surface area contributed by atoms with Gasteiger partial charge >= 0.3 is 0 Å². The predicted molar refractivity (Wildman–Crippen MR) is 95.2 cm³/mol. The molecule has 24 heavy (non-hydrogen) atoms. The van der Waals surface area contributed by atoms with Crippen LogP contribution in [0.25, 0.3) is 0 Å². The molecule has 7 heteroatoms. The van der Waals surface area contributed by atoms with E-state index in [9.17, 15) is 8.42 Å². The number of hydrogen-bond acceptors (Lipinski definition) is 3. The number of halogens is 2. The van der Waals surface area contributed by atoms with Gasteiger partial charge in [-0.1, -0.05) is 35.3 Å². The molecule has 4 nitrogen and oxygen atoms in total. The monoisotopic (exact) mass is 385 g/mol. The molecular formula is C17H17Cl2NO3S. The number of hydrogen-bond donors (Lipinski definition) is 0. The molecule has 0 heterocycles. The topological polar surface area (TPSA) is 46.6 Å². The maximum absolute atomic E-state index is 13.1. The first kappa shape index (κ1) is 17.5. The normalized spacial score (nSPS) is 14.8. The second-order valence-corrected chi connectivity index (χ2v) is 8.41. The predicted octanol–water partition coefficient (Wildman–Crippen LogP) is 4.36. The van der Waals surface area contributed by atoms with Crippen molar-refractivity contribution in [3.05, 3.63) is 58.1 Å². The van der Waals surface area contributed by atoms with Crippen LogP contribution < -0.4 is 4.74 Å². The van der Waals surface area contributed by atoms with Crippen molar-refractivity contribution in [3.63, 3.8) is 0 Å². The fourth-order valence-corrected chi connectivity index (χ4v) is 4.90. The lowest BCUT2D eigenvalue weighted by Gasteiger charge is -2.23. The van der Waals surface area contributed by atoms with Gasteiger partial charge in [-0.3, -0.25) is 0 Å². The van der Waals surface area contributed by atoms with E-state index in [0.717, 1.165) is 24.2 Å². The molecule has 0 amide bonds. The molecule has 1 aliphatic carbocycles. The SMILES string of the molecule is COc1ccc(CN(C2CC2)S(=O)(=O)c2cc(Cl)ccc2Cl)cc1. The van der Waals surface area contributed by atoms with Crippen molar-refractivity contribution in [2.75, 3.05) is 7.11 Å². The zero-order valence-corrected chi connectivity index (χ0v) is 15.4. The second kappa shape index (κ2) is 6.92. The molecule has 2 aromatic rings. The van der Waals surface area contributed by atoms with Gasteiger partial charge in [-0.05, 0) is 48.7 Å². The van der Waals surface area contributed by atoms with Gasteiger partial charge in [-0.15, -0.1) is 0 Å². The third-order valence-electron chi connectivity index (χ3n) is 3.93. The Hall–Kier alpha value is -1.27. The maximum Gasteiger partial charge on any atom is 0.245 e. The fraction of sp³-hybridized carbons (Fsp3) is 0.294. The Morgan fingerprint density at radius 2 is 1.79 bits per heavy atom. The van der Waals surface area contributed by atoms with E-state index in [-0.39, 0.29) is 16.0 Å². The summed E-state index contributed by atoms with van der Waals surface area (Å²) in [4.78, 5) is 0.0529. The molecule has 0 aromatic heterocycles. The van der Waals surface area contributed by atoms with Crippen LogP contribution in [-0.4, -0.2) is 25.9 Å². The fourth-order valence-electron chi connectivity index (χ4n) is 2.48. The number of methoxy groups -OCH3 is 1. The van der Waals surface area contributed by atoms with Crippen LogP contribution in [0, 0.1) is 0 Å². The van der Waals surface area contributed by atoms with Gasteiger partial charge in [0.1, 0.15) is 10.6 Å². The molecule has 1 saturated carbocycles. The van der Waals surface area contributed by atoms with E-state index >= 15 is 0 Å². The Bertz CT molecular complexity index is 833. The lowest BCUT2D eigenvalue weighted by Crippen LogP contribution is -2.32. The molecule has 0 spiro atoms. The highest BCUT2D eigenvalue weighted by Gasteiger charge is 2.39. The molecule has 0 unspecified atom stereocenters. The van der Waals surface area contributed by atoms with Crippen LogP contribution in [0.5, 0.6) is 5.75 Å². The van der Waals surface area contributed by atoms with Gasteiger partial charge in [0.15, 0.2) is 0 Å². The second-order valence-electron chi connectivity index (χ2n) is 5.70. The summed E-state index contributed by atoms with van der Waals surface area (Å²) >= 11 is 12.1. The molecule has 1 fully saturated rings. The van der Waals surface area contributed by atoms with E-state index in [2.05, 4.69) is 0 Å². The van der Waals surface area contributed by atoms with Crippen LogP contribution in [0.15, 0.2) is 47.4 Å². The van der Waals surface area contributed by atoms with Gasteiger partial charge < -0.3 is 4.74 Å². The van der Waals surface area contributed by atoms with Crippen molar-refractivity contribution in [1.29, 1.82) is 0 Å². The molecule has 0 aliphatic heterocycles. The summed E-state index contributed by atoms with van der Waals surface area (Å²) in [5.41, 5.74) is 0.893. The minimum absolute atomic E-state index is 0.00662. The van der Waals surface area contributed by atoms with Crippen molar-refractivity contribution in [2.45, 2.75) is 30.3 Å². The zero-order valence-electron chi connectivity index (χ0n) is 13.1. The van der Waals surface area contributed by atoms with Gasteiger partial charge in [-0.25, -0.2) is 8.42 Å². The van der Waals surface area contributed by atoms with E-state index in [1.165, 1.54) is 16.4 Å². The summed E-state index contributed by atoms with van der Waals surface area (Å²) < 4.78 is 32.8. The van der Waals surface area contributed by atoms with Crippen LogP contribution >= 0.6 is 23.2 Å². The van der Waals surface area contributed by atoms with Crippen LogP contribution in [0.4, 0.5) is 0 Å². The molecule has 128 valence electrons. The van der Waals surface area contributed by atoms with E-state index in [0.29, 0.717) is 11.6 Å². The minimum atomic E-state index is -3.72. The lowest BCUT2D eigenvalue weighted by atomic mass is 10.2. The molecular weight excluding hydrogens is 369 g/mol.